The largest absolute Gasteiger partial charge is 0.339 e. The summed E-state index contributed by atoms with van der Waals surface area (Å²) in [4.78, 5) is 60.0. The Morgan fingerprint density at radius 3 is 2.51 bits per heavy atom. The standard InChI is InChI=1S/C37H41N9O4S/c1-22(38-3)35(49)41-32(25-9-5-4-6-10-25)37(50)46-18-8-13-30(46)36-40-29(21-51-36)33(48)27-11-7-12-28(20-27)39-31(47)19-24-14-16-26(17-15-24)34-44-42-23(2)43-45-34/h7,9,11-12,14-17,20-22,30,32,38H,4-6,8,10,13,18-19H2,1-3H3,(H,39,47)(H,41,49)/t22-,30-,32-/m0/s1. The maximum absolute atomic E-state index is 14.1. The number of carbonyl (C=O) groups excluding carboxylic acids is 4. The van der Waals surface area contributed by atoms with Gasteiger partial charge in [0.15, 0.2) is 5.82 Å². The quantitative estimate of drug-likeness (QED) is 0.142. The van der Waals surface area contributed by atoms with Crippen molar-refractivity contribution in [2.75, 3.05) is 18.9 Å². The van der Waals surface area contributed by atoms with Gasteiger partial charge in [-0.2, -0.15) is 0 Å². The molecule has 14 heteroatoms. The minimum absolute atomic E-state index is 0.131. The highest BCUT2D eigenvalue weighted by Crippen LogP contribution is 2.36. The Morgan fingerprint density at radius 1 is 1.00 bits per heavy atom. The highest BCUT2D eigenvalue weighted by Gasteiger charge is 2.38. The SMILES string of the molecule is CN[C@@H](C)C(=O)N[C@H](C(=O)N1CCC[C@H]1c1nc(C(=O)c2cccc(NC(=O)Cc3ccc(-c4nnc(C)nn4)cc3)c2)cs1)C1=CCCCC1. The van der Waals surface area contributed by atoms with E-state index in [-0.39, 0.29) is 41.7 Å². The van der Waals surface area contributed by atoms with Crippen LogP contribution in [0.5, 0.6) is 0 Å². The van der Waals surface area contributed by atoms with E-state index in [1.54, 1.807) is 50.5 Å². The van der Waals surface area contributed by atoms with E-state index in [0.29, 0.717) is 34.5 Å². The average molecular weight is 708 g/mol. The summed E-state index contributed by atoms with van der Waals surface area (Å²) in [5.41, 5.74) is 3.66. The maximum atomic E-state index is 14.1. The Balaban J connectivity index is 1.10. The number of hydrogen-bond acceptors (Lipinski definition) is 11. The summed E-state index contributed by atoms with van der Waals surface area (Å²) in [7, 11) is 1.71. The van der Waals surface area contributed by atoms with E-state index in [1.165, 1.54) is 11.3 Å². The van der Waals surface area contributed by atoms with Gasteiger partial charge in [-0.15, -0.1) is 31.7 Å². The molecule has 4 aromatic rings. The number of likely N-dealkylation sites (tertiary alicyclic amines) is 1. The number of nitrogens with one attached hydrogen (secondary N) is 3. The van der Waals surface area contributed by atoms with Crippen LogP contribution >= 0.6 is 11.3 Å². The first-order valence-corrected chi connectivity index (χ1v) is 18.1. The maximum Gasteiger partial charge on any atom is 0.250 e. The van der Waals surface area contributed by atoms with Gasteiger partial charge in [0.2, 0.25) is 29.3 Å². The molecule has 1 aliphatic heterocycles. The molecule has 13 nitrogen and oxygen atoms in total. The van der Waals surface area contributed by atoms with Gasteiger partial charge in [0, 0.05) is 28.7 Å². The van der Waals surface area contributed by atoms with Crippen LogP contribution in [-0.4, -0.2) is 79.5 Å². The van der Waals surface area contributed by atoms with Crippen LogP contribution in [0.15, 0.2) is 65.6 Å². The van der Waals surface area contributed by atoms with Gasteiger partial charge in [0.05, 0.1) is 18.5 Å². The van der Waals surface area contributed by atoms with Crippen molar-refractivity contribution in [2.24, 2.45) is 0 Å². The number of likely N-dealkylation sites (N-methyl/N-ethyl adjacent to an activating group) is 1. The summed E-state index contributed by atoms with van der Waals surface area (Å²) in [5.74, 6) is 0.0147. The normalized spacial score (nSPS) is 17.0. The minimum atomic E-state index is -0.726. The first-order valence-electron chi connectivity index (χ1n) is 17.2. The van der Waals surface area contributed by atoms with Crippen molar-refractivity contribution in [3.8, 4) is 11.4 Å². The summed E-state index contributed by atoms with van der Waals surface area (Å²) in [6.45, 7) is 4.03. The number of hydrogen-bond donors (Lipinski definition) is 3. The number of ketones is 1. The predicted molar refractivity (Wildman–Crippen MR) is 193 cm³/mol. The third kappa shape index (κ3) is 8.58. The van der Waals surface area contributed by atoms with Gasteiger partial charge in [-0.05, 0) is 82.7 Å². The number of aromatic nitrogens is 5. The molecule has 0 radical (unpaired) electrons. The average Bonchev–Trinajstić information content (AvgIpc) is 3.85. The fourth-order valence-corrected chi connectivity index (χ4v) is 7.22. The lowest BCUT2D eigenvalue weighted by Crippen LogP contribution is -2.53. The van der Waals surface area contributed by atoms with Crippen LogP contribution in [0.1, 0.15) is 83.9 Å². The Kier molecular flexibility index (Phi) is 11.3. The van der Waals surface area contributed by atoms with Crippen LogP contribution in [0.25, 0.3) is 11.4 Å². The Labute approximate surface area is 300 Å². The van der Waals surface area contributed by atoms with Gasteiger partial charge in [-0.1, -0.05) is 42.5 Å². The number of carbonyl (C=O) groups is 4. The van der Waals surface area contributed by atoms with E-state index in [0.717, 1.165) is 55.2 Å². The number of amides is 3. The number of thiazole rings is 1. The van der Waals surface area contributed by atoms with Crippen LogP contribution in [-0.2, 0) is 20.8 Å². The smallest absolute Gasteiger partial charge is 0.250 e. The molecule has 1 fully saturated rings. The number of anilines is 1. The predicted octanol–water partition coefficient (Wildman–Crippen LogP) is 4.37. The molecule has 0 saturated carbocycles. The summed E-state index contributed by atoms with van der Waals surface area (Å²) in [6.07, 6.45) is 7.45. The minimum Gasteiger partial charge on any atom is -0.339 e. The number of benzene rings is 2. The topological polar surface area (TPSA) is 172 Å². The van der Waals surface area contributed by atoms with Crippen LogP contribution in [0.4, 0.5) is 5.69 Å². The first-order chi connectivity index (χ1) is 24.7. The molecule has 0 bridgehead atoms. The summed E-state index contributed by atoms with van der Waals surface area (Å²) in [5, 5.41) is 27.2. The molecule has 3 atom stereocenters. The molecule has 264 valence electrons. The molecule has 1 saturated heterocycles. The molecule has 51 heavy (non-hydrogen) atoms. The van der Waals surface area contributed by atoms with E-state index < -0.39 is 12.1 Å². The van der Waals surface area contributed by atoms with Crippen molar-refractivity contribution in [1.29, 1.82) is 0 Å². The van der Waals surface area contributed by atoms with Crippen LogP contribution in [0.3, 0.4) is 0 Å². The van der Waals surface area contributed by atoms with Crippen LogP contribution < -0.4 is 16.0 Å². The van der Waals surface area contributed by atoms with Gasteiger partial charge >= 0.3 is 0 Å². The van der Waals surface area contributed by atoms with E-state index in [4.69, 9.17) is 4.98 Å². The second-order valence-corrected chi connectivity index (χ2v) is 13.7. The summed E-state index contributed by atoms with van der Waals surface area (Å²) < 4.78 is 0. The molecular formula is C37H41N9O4S. The van der Waals surface area contributed by atoms with Gasteiger partial charge in [-0.25, -0.2) is 4.98 Å². The molecule has 2 aromatic heterocycles. The number of aryl methyl sites for hydroxylation is 1. The lowest BCUT2D eigenvalue weighted by Gasteiger charge is -2.31. The van der Waals surface area contributed by atoms with Crippen LogP contribution in [0.2, 0.25) is 0 Å². The lowest BCUT2D eigenvalue weighted by molar-refractivity contribution is -0.136. The molecule has 6 rings (SSSR count). The molecule has 3 heterocycles. The van der Waals surface area contributed by atoms with E-state index in [9.17, 15) is 19.2 Å². The van der Waals surface area contributed by atoms with Crippen molar-refractivity contribution in [3.05, 3.63) is 93.2 Å². The third-order valence-electron chi connectivity index (χ3n) is 9.20. The second-order valence-electron chi connectivity index (χ2n) is 12.8. The zero-order valence-electron chi connectivity index (χ0n) is 28.9. The van der Waals surface area contributed by atoms with E-state index >= 15 is 0 Å². The van der Waals surface area contributed by atoms with Crippen molar-refractivity contribution in [3.63, 3.8) is 0 Å². The number of allylic oxidation sites excluding steroid dienone is 1. The van der Waals surface area contributed by atoms with E-state index in [2.05, 4.69) is 42.4 Å². The summed E-state index contributed by atoms with van der Waals surface area (Å²) in [6, 6.07) is 12.6. The number of rotatable bonds is 12. The molecule has 0 spiro atoms. The number of nitrogens with zero attached hydrogens (tertiary/aromatic N) is 6. The molecule has 3 amide bonds. The first kappa shape index (κ1) is 35.6. The van der Waals surface area contributed by atoms with Crippen molar-refractivity contribution in [1.82, 2.24) is 40.9 Å². The fourth-order valence-electron chi connectivity index (χ4n) is 6.28. The Hall–Kier alpha value is -5.21. The highest BCUT2D eigenvalue weighted by atomic mass is 32.1. The van der Waals surface area contributed by atoms with E-state index in [1.807, 2.05) is 29.2 Å². The van der Waals surface area contributed by atoms with Crippen molar-refractivity contribution >= 4 is 40.5 Å². The van der Waals surface area contributed by atoms with Crippen LogP contribution in [0, 0.1) is 6.92 Å². The fraction of sp³-hybridized carbons (Fsp3) is 0.378. The monoisotopic (exact) mass is 707 g/mol. The molecule has 1 aliphatic carbocycles. The Morgan fingerprint density at radius 2 is 1.78 bits per heavy atom. The van der Waals surface area contributed by atoms with Crippen molar-refractivity contribution < 1.29 is 19.2 Å². The van der Waals surface area contributed by atoms with Gasteiger partial charge in [0.25, 0.3) is 0 Å². The summed E-state index contributed by atoms with van der Waals surface area (Å²) >= 11 is 1.35. The molecule has 2 aliphatic rings. The second kappa shape index (κ2) is 16.2. The molecule has 2 aromatic carbocycles. The zero-order valence-corrected chi connectivity index (χ0v) is 29.7. The molecule has 0 unspecified atom stereocenters. The van der Waals surface area contributed by atoms with Crippen molar-refractivity contribution in [2.45, 2.75) is 76.9 Å². The third-order valence-corrected chi connectivity index (χ3v) is 10.1. The lowest BCUT2D eigenvalue weighted by atomic mass is 9.92. The van der Waals surface area contributed by atoms with Gasteiger partial charge in [0.1, 0.15) is 16.7 Å². The molecule has 3 N–H and O–H groups in total. The Bertz CT molecular complexity index is 1930. The highest BCUT2D eigenvalue weighted by molar-refractivity contribution is 7.10. The molecular weight excluding hydrogens is 667 g/mol. The zero-order chi connectivity index (χ0) is 35.9. The van der Waals surface area contributed by atoms with Gasteiger partial charge in [-0.3, -0.25) is 19.2 Å². The van der Waals surface area contributed by atoms with Gasteiger partial charge < -0.3 is 20.9 Å².